The number of nitrogens with zero attached hydrogens (tertiary/aromatic N) is 3. The van der Waals surface area contributed by atoms with E-state index in [0.29, 0.717) is 56.1 Å². The van der Waals surface area contributed by atoms with Crippen LogP contribution < -0.4 is 9.80 Å². The Labute approximate surface area is 197 Å². The minimum absolute atomic E-state index is 0.183. The summed E-state index contributed by atoms with van der Waals surface area (Å²) in [6, 6.07) is 11.6. The maximum atomic E-state index is 14.9. The Morgan fingerprint density at radius 3 is 2.41 bits per heavy atom. The Balaban J connectivity index is 1.29. The van der Waals surface area contributed by atoms with Gasteiger partial charge in [-0.1, -0.05) is 24.6 Å². The van der Waals surface area contributed by atoms with Gasteiger partial charge in [-0.15, -0.1) is 0 Å². The zero-order chi connectivity index (χ0) is 24.2. The van der Waals surface area contributed by atoms with E-state index in [1.54, 1.807) is 29.2 Å². The highest BCUT2D eigenvalue weighted by Crippen LogP contribution is 2.29. The van der Waals surface area contributed by atoms with Gasteiger partial charge in [-0.3, -0.25) is 9.69 Å². The number of carbonyl (C=O) groups is 3. The third-order valence-corrected chi connectivity index (χ3v) is 6.16. The van der Waals surface area contributed by atoms with Crippen molar-refractivity contribution in [2.45, 2.75) is 26.4 Å². The fourth-order valence-corrected chi connectivity index (χ4v) is 4.05. The first-order chi connectivity index (χ1) is 16.4. The molecule has 2 heterocycles. The molecule has 0 bridgehead atoms. The number of cyclic esters (lactones) is 1. The maximum absolute atomic E-state index is 14.9. The largest absolute Gasteiger partial charge is 0.452 e. The van der Waals surface area contributed by atoms with Crippen LogP contribution in [0.3, 0.4) is 0 Å². The lowest BCUT2D eigenvalue weighted by atomic mass is 10.1. The molecule has 2 aromatic carbocycles. The third kappa shape index (κ3) is 5.13. The first-order valence-electron chi connectivity index (χ1n) is 11.4. The van der Waals surface area contributed by atoms with Crippen molar-refractivity contribution in [3.63, 3.8) is 0 Å². The highest BCUT2D eigenvalue weighted by molar-refractivity contribution is 5.91. The molecule has 180 valence electrons. The fraction of sp³-hybridized carbons (Fsp3) is 0.400. The molecule has 2 aliphatic heterocycles. The summed E-state index contributed by atoms with van der Waals surface area (Å²) >= 11 is 0. The van der Waals surface area contributed by atoms with E-state index < -0.39 is 17.9 Å². The van der Waals surface area contributed by atoms with Crippen LogP contribution in [-0.2, 0) is 14.3 Å². The summed E-state index contributed by atoms with van der Waals surface area (Å²) in [4.78, 5) is 41.5. The van der Waals surface area contributed by atoms with Crippen molar-refractivity contribution in [2.24, 2.45) is 0 Å². The zero-order valence-corrected chi connectivity index (χ0v) is 19.3. The van der Waals surface area contributed by atoms with E-state index in [4.69, 9.17) is 9.47 Å². The highest BCUT2D eigenvalue weighted by Gasteiger charge is 2.32. The second-order valence-corrected chi connectivity index (χ2v) is 8.47. The van der Waals surface area contributed by atoms with Gasteiger partial charge in [0, 0.05) is 26.2 Å². The quantitative estimate of drug-likeness (QED) is 0.604. The van der Waals surface area contributed by atoms with Gasteiger partial charge in [-0.2, -0.15) is 0 Å². The van der Waals surface area contributed by atoms with Gasteiger partial charge in [0.2, 0.25) is 0 Å². The molecular formula is C25H28FN3O5. The van der Waals surface area contributed by atoms with E-state index in [-0.39, 0.29) is 18.6 Å². The predicted octanol–water partition coefficient (Wildman–Crippen LogP) is 3.37. The van der Waals surface area contributed by atoms with Crippen molar-refractivity contribution in [2.75, 3.05) is 49.1 Å². The molecule has 0 saturated carbocycles. The lowest BCUT2D eigenvalue weighted by molar-refractivity contribution is -0.134. The molecule has 0 aliphatic carbocycles. The molecule has 8 nitrogen and oxygen atoms in total. The number of amides is 2. The number of anilines is 2. The number of ether oxygens (including phenoxy) is 2. The summed E-state index contributed by atoms with van der Waals surface area (Å²) in [7, 11) is 0. The molecule has 34 heavy (non-hydrogen) atoms. The second-order valence-electron chi connectivity index (χ2n) is 8.47. The molecule has 9 heteroatoms. The van der Waals surface area contributed by atoms with Gasteiger partial charge in [-0.25, -0.2) is 14.0 Å². The average molecular weight is 470 g/mol. The minimum Gasteiger partial charge on any atom is -0.452 e. The third-order valence-electron chi connectivity index (χ3n) is 6.16. The zero-order valence-electron chi connectivity index (χ0n) is 19.3. The average Bonchev–Trinajstić information content (AvgIpc) is 3.23. The van der Waals surface area contributed by atoms with Gasteiger partial charge in [0.1, 0.15) is 11.9 Å². The molecule has 0 radical (unpaired) electrons. The Morgan fingerprint density at radius 1 is 1.09 bits per heavy atom. The molecule has 0 aromatic heterocycles. The molecule has 2 aromatic rings. The first kappa shape index (κ1) is 23.5. The van der Waals surface area contributed by atoms with Crippen LogP contribution >= 0.6 is 0 Å². The molecular weight excluding hydrogens is 441 g/mol. The van der Waals surface area contributed by atoms with E-state index >= 15 is 0 Å². The van der Waals surface area contributed by atoms with Crippen LogP contribution in [0.1, 0.15) is 29.3 Å². The number of rotatable bonds is 6. The molecule has 2 fully saturated rings. The molecule has 0 spiro atoms. The first-order valence-corrected chi connectivity index (χ1v) is 11.4. The summed E-state index contributed by atoms with van der Waals surface area (Å²) in [5.74, 6) is -1.26. The SMILES string of the molecule is CCC1CN(c2ccc(N3CCN(C(=O)COC(=O)c4ccc(C)cc4)CC3)c(F)c2)C(=O)O1. The predicted molar refractivity (Wildman–Crippen MR) is 125 cm³/mol. The van der Waals surface area contributed by atoms with Gasteiger partial charge in [0.25, 0.3) is 5.91 Å². The summed E-state index contributed by atoms with van der Waals surface area (Å²) < 4.78 is 25.3. The standard InChI is InChI=1S/C25H28FN3O5/c1-3-20-15-29(25(32)34-20)19-8-9-22(21(26)14-19)27-10-12-28(13-11-27)23(30)16-33-24(31)18-6-4-17(2)5-7-18/h4-9,14,20H,3,10-13,15-16H2,1-2H3. The second kappa shape index (κ2) is 10.1. The Bertz CT molecular complexity index is 1070. The number of hydrogen-bond donors (Lipinski definition) is 0. The van der Waals surface area contributed by atoms with Crippen molar-refractivity contribution >= 4 is 29.3 Å². The van der Waals surface area contributed by atoms with Gasteiger partial charge in [0.05, 0.1) is 23.5 Å². The number of piperazine rings is 1. The molecule has 2 saturated heterocycles. The van der Waals surface area contributed by atoms with E-state index in [9.17, 15) is 18.8 Å². The van der Waals surface area contributed by atoms with Gasteiger partial charge in [0.15, 0.2) is 6.61 Å². The summed E-state index contributed by atoms with van der Waals surface area (Å²) in [6.07, 6.45) is 0.0583. The van der Waals surface area contributed by atoms with Crippen LogP contribution in [0.4, 0.5) is 20.6 Å². The molecule has 0 N–H and O–H groups in total. The van der Waals surface area contributed by atoms with Crippen LogP contribution in [0.25, 0.3) is 0 Å². The van der Waals surface area contributed by atoms with Crippen molar-refractivity contribution in [1.29, 1.82) is 0 Å². The fourth-order valence-electron chi connectivity index (χ4n) is 4.05. The lowest BCUT2D eigenvalue weighted by Crippen LogP contribution is -2.50. The number of esters is 1. The van der Waals surface area contributed by atoms with Gasteiger partial charge in [-0.05, 0) is 43.7 Å². The summed E-state index contributed by atoms with van der Waals surface area (Å²) in [5, 5.41) is 0. The minimum atomic E-state index is -0.540. The van der Waals surface area contributed by atoms with Crippen LogP contribution in [0.15, 0.2) is 42.5 Å². The van der Waals surface area contributed by atoms with E-state index in [1.807, 2.05) is 30.9 Å². The van der Waals surface area contributed by atoms with Crippen LogP contribution in [0.2, 0.25) is 0 Å². The summed E-state index contributed by atoms with van der Waals surface area (Å²) in [6.45, 7) is 5.59. The number of carbonyl (C=O) groups excluding carboxylic acids is 3. The maximum Gasteiger partial charge on any atom is 0.414 e. The van der Waals surface area contributed by atoms with Gasteiger partial charge < -0.3 is 19.3 Å². The normalized spacial score (nSPS) is 18.1. The van der Waals surface area contributed by atoms with Crippen LogP contribution in [-0.4, -0.2) is 68.3 Å². The van der Waals surface area contributed by atoms with Crippen molar-refractivity contribution in [3.8, 4) is 0 Å². The number of aryl methyl sites for hydroxylation is 1. The molecule has 1 unspecified atom stereocenters. The highest BCUT2D eigenvalue weighted by atomic mass is 19.1. The Morgan fingerprint density at radius 2 is 1.79 bits per heavy atom. The molecule has 4 rings (SSSR count). The van der Waals surface area contributed by atoms with E-state index in [2.05, 4.69) is 0 Å². The van der Waals surface area contributed by atoms with E-state index in [0.717, 1.165) is 5.56 Å². The molecule has 1 atom stereocenters. The molecule has 2 amide bonds. The number of benzene rings is 2. The van der Waals surface area contributed by atoms with E-state index in [1.165, 1.54) is 11.0 Å². The van der Waals surface area contributed by atoms with Crippen molar-refractivity contribution < 1.29 is 28.2 Å². The Kier molecular flexibility index (Phi) is 7.00. The summed E-state index contributed by atoms with van der Waals surface area (Å²) in [5.41, 5.74) is 2.31. The van der Waals surface area contributed by atoms with Gasteiger partial charge >= 0.3 is 12.1 Å². The lowest BCUT2D eigenvalue weighted by Gasteiger charge is -2.36. The van der Waals surface area contributed by atoms with Crippen LogP contribution in [0, 0.1) is 12.7 Å². The molecule has 2 aliphatic rings. The number of hydrogen-bond acceptors (Lipinski definition) is 6. The smallest absolute Gasteiger partial charge is 0.414 e. The topological polar surface area (TPSA) is 79.4 Å². The van der Waals surface area contributed by atoms with Crippen LogP contribution in [0.5, 0.6) is 0 Å². The number of halogens is 1. The monoisotopic (exact) mass is 469 g/mol. The Hall–Kier alpha value is -3.62. The van der Waals surface area contributed by atoms with Crippen molar-refractivity contribution in [3.05, 3.63) is 59.4 Å². The van der Waals surface area contributed by atoms with Crippen molar-refractivity contribution in [1.82, 2.24) is 4.90 Å².